The molecular formula is C26H33NO4. The predicted octanol–water partition coefficient (Wildman–Crippen LogP) is 6.60. The molecular weight excluding hydrogens is 390 g/mol. The third-order valence-corrected chi connectivity index (χ3v) is 5.77. The average molecular weight is 424 g/mol. The zero-order chi connectivity index (χ0) is 21.9. The Morgan fingerprint density at radius 3 is 2.13 bits per heavy atom. The number of rotatable bonds is 14. The lowest BCUT2D eigenvalue weighted by atomic mass is 10.0. The van der Waals surface area contributed by atoms with Gasteiger partial charge >= 0.3 is 5.97 Å². The first-order chi connectivity index (χ1) is 15.1. The number of carboxylic acids is 1. The van der Waals surface area contributed by atoms with Gasteiger partial charge in [-0.2, -0.15) is 0 Å². The molecule has 1 aliphatic carbocycles. The number of nitrogens with zero attached hydrogens (tertiary/aromatic N) is 1. The fourth-order valence-electron chi connectivity index (χ4n) is 4.00. The van der Waals surface area contributed by atoms with Crippen molar-refractivity contribution in [3.8, 4) is 11.5 Å². The number of aliphatic carboxylic acids is 1. The Kier molecular flexibility index (Phi) is 9.07. The van der Waals surface area contributed by atoms with E-state index in [1.165, 1.54) is 69.1 Å². The molecule has 1 aliphatic heterocycles. The van der Waals surface area contributed by atoms with E-state index in [0.717, 1.165) is 36.8 Å². The van der Waals surface area contributed by atoms with Gasteiger partial charge in [-0.25, -0.2) is 4.98 Å². The largest absolute Gasteiger partial charge is 0.481 e. The minimum Gasteiger partial charge on any atom is -0.481 e. The molecule has 1 N–H and O–H groups in total. The van der Waals surface area contributed by atoms with Crippen LogP contribution in [0.25, 0.3) is 22.6 Å². The number of aromatic nitrogens is 1. The molecule has 5 heteroatoms. The summed E-state index contributed by atoms with van der Waals surface area (Å²) in [6.07, 6.45) is 14.4. The Balaban J connectivity index is 1.29. The molecule has 5 nitrogen and oxygen atoms in total. The van der Waals surface area contributed by atoms with Gasteiger partial charge in [-0.1, -0.05) is 63.9 Å². The summed E-state index contributed by atoms with van der Waals surface area (Å²) in [5.41, 5.74) is 3.44. The summed E-state index contributed by atoms with van der Waals surface area (Å²) < 4.78 is 5.90. The monoisotopic (exact) mass is 423 g/mol. The van der Waals surface area contributed by atoms with Crippen molar-refractivity contribution in [1.29, 1.82) is 0 Å². The van der Waals surface area contributed by atoms with Crippen molar-refractivity contribution in [2.75, 3.05) is 0 Å². The Labute approximate surface area is 183 Å². The SMILES string of the molecule is O=C(O)CCCCCCCCCCCCCc1ccc2nc3ccc(=O)cc-3oc2c1. The van der Waals surface area contributed by atoms with Gasteiger partial charge in [0.2, 0.25) is 0 Å². The molecule has 2 aliphatic rings. The van der Waals surface area contributed by atoms with Crippen molar-refractivity contribution >= 4 is 17.1 Å². The van der Waals surface area contributed by atoms with Gasteiger partial charge in [0.05, 0.1) is 0 Å². The molecule has 0 atom stereocenters. The Hall–Kier alpha value is -2.69. The highest BCUT2D eigenvalue weighted by molar-refractivity contribution is 5.76. The summed E-state index contributed by atoms with van der Waals surface area (Å²) in [4.78, 5) is 26.6. The first-order valence-electron chi connectivity index (χ1n) is 11.7. The molecule has 0 spiro atoms. The van der Waals surface area contributed by atoms with Crippen molar-refractivity contribution in [3.63, 3.8) is 0 Å². The van der Waals surface area contributed by atoms with E-state index in [9.17, 15) is 9.59 Å². The van der Waals surface area contributed by atoms with Crippen LogP contribution < -0.4 is 5.43 Å². The molecule has 166 valence electrons. The number of hydrogen-bond donors (Lipinski definition) is 1. The zero-order valence-corrected chi connectivity index (χ0v) is 18.3. The van der Waals surface area contributed by atoms with Crippen LogP contribution in [-0.2, 0) is 11.2 Å². The number of carboxylic acid groups (broad SMARTS) is 1. The lowest BCUT2D eigenvalue weighted by Crippen LogP contribution is -1.99. The maximum Gasteiger partial charge on any atom is 0.303 e. The van der Waals surface area contributed by atoms with Gasteiger partial charge in [0.25, 0.3) is 0 Å². The lowest BCUT2D eigenvalue weighted by molar-refractivity contribution is -0.137. The molecule has 3 rings (SSSR count). The van der Waals surface area contributed by atoms with Crippen LogP contribution in [0.2, 0.25) is 0 Å². The normalized spacial score (nSPS) is 11.4. The summed E-state index contributed by atoms with van der Waals surface area (Å²) in [6, 6.07) is 10.9. The van der Waals surface area contributed by atoms with Crippen LogP contribution in [-0.4, -0.2) is 16.1 Å². The van der Waals surface area contributed by atoms with Crippen LogP contribution in [0.1, 0.15) is 82.6 Å². The minimum atomic E-state index is -0.680. The number of carbonyl (C=O) groups is 1. The summed E-state index contributed by atoms with van der Waals surface area (Å²) in [7, 11) is 0. The van der Waals surface area contributed by atoms with Gasteiger partial charge < -0.3 is 9.52 Å². The van der Waals surface area contributed by atoms with Crippen LogP contribution >= 0.6 is 0 Å². The van der Waals surface area contributed by atoms with Crippen molar-refractivity contribution in [3.05, 3.63) is 52.2 Å². The number of benzene rings is 2. The second kappa shape index (κ2) is 12.2. The first-order valence-corrected chi connectivity index (χ1v) is 11.7. The lowest BCUT2D eigenvalue weighted by Gasteiger charge is -2.07. The van der Waals surface area contributed by atoms with Crippen LogP contribution in [0, 0.1) is 0 Å². The van der Waals surface area contributed by atoms with E-state index in [1.54, 1.807) is 6.07 Å². The van der Waals surface area contributed by atoms with E-state index in [0.29, 0.717) is 17.9 Å². The van der Waals surface area contributed by atoms with E-state index in [1.807, 2.05) is 6.07 Å². The van der Waals surface area contributed by atoms with Crippen molar-refractivity contribution in [1.82, 2.24) is 4.98 Å². The Bertz CT molecular complexity index is 994. The Morgan fingerprint density at radius 2 is 1.45 bits per heavy atom. The molecule has 0 radical (unpaired) electrons. The molecule has 0 amide bonds. The number of fused-ring (bicyclic) bond motifs is 2. The molecule has 0 fully saturated rings. The molecule has 31 heavy (non-hydrogen) atoms. The van der Waals surface area contributed by atoms with Gasteiger partial charge in [0.1, 0.15) is 11.2 Å². The summed E-state index contributed by atoms with van der Waals surface area (Å²) in [5, 5.41) is 8.61. The van der Waals surface area contributed by atoms with Gasteiger partial charge in [-0.15, -0.1) is 0 Å². The van der Waals surface area contributed by atoms with E-state index >= 15 is 0 Å². The van der Waals surface area contributed by atoms with Gasteiger partial charge in [0, 0.05) is 12.5 Å². The van der Waals surface area contributed by atoms with E-state index in [-0.39, 0.29) is 5.43 Å². The second-order valence-electron chi connectivity index (χ2n) is 8.43. The predicted molar refractivity (Wildman–Crippen MR) is 124 cm³/mol. The Morgan fingerprint density at radius 1 is 0.806 bits per heavy atom. The van der Waals surface area contributed by atoms with Gasteiger partial charge in [0.15, 0.2) is 16.8 Å². The minimum absolute atomic E-state index is 0.0655. The molecule has 1 heterocycles. The first kappa shape index (κ1) is 23.0. The number of unbranched alkanes of at least 4 members (excludes halogenated alkanes) is 10. The molecule has 0 bridgehead atoms. The second-order valence-corrected chi connectivity index (χ2v) is 8.43. The third kappa shape index (κ3) is 7.82. The molecule has 0 aromatic heterocycles. The number of hydrogen-bond acceptors (Lipinski definition) is 4. The summed E-state index contributed by atoms with van der Waals surface area (Å²) >= 11 is 0. The van der Waals surface area contributed by atoms with E-state index in [2.05, 4.69) is 17.1 Å². The maximum absolute atomic E-state index is 11.5. The standard InChI is InChI=1S/C26H33NO4/c28-21-15-17-23-25(19-21)31-24-18-20(14-16-22(24)27-23)12-10-8-6-4-2-1-3-5-7-9-11-13-26(29)30/h14-19H,1-13H2,(H,29,30). The van der Waals surface area contributed by atoms with Gasteiger partial charge in [-0.3, -0.25) is 9.59 Å². The topological polar surface area (TPSA) is 80.4 Å². The highest BCUT2D eigenvalue weighted by atomic mass is 16.4. The molecule has 1 aromatic rings. The van der Waals surface area contributed by atoms with Crippen molar-refractivity contribution in [2.24, 2.45) is 0 Å². The third-order valence-electron chi connectivity index (χ3n) is 5.77. The zero-order valence-electron chi connectivity index (χ0n) is 18.3. The van der Waals surface area contributed by atoms with Crippen LogP contribution in [0.3, 0.4) is 0 Å². The van der Waals surface area contributed by atoms with Crippen LogP contribution in [0.15, 0.2) is 45.6 Å². The quantitative estimate of drug-likeness (QED) is 0.233. The number of aryl methyl sites for hydroxylation is 1. The van der Waals surface area contributed by atoms with E-state index in [4.69, 9.17) is 9.52 Å². The van der Waals surface area contributed by atoms with Crippen molar-refractivity contribution in [2.45, 2.75) is 83.5 Å². The summed E-state index contributed by atoms with van der Waals surface area (Å²) in [6.45, 7) is 0. The average Bonchev–Trinajstić information content (AvgIpc) is 2.75. The highest BCUT2D eigenvalue weighted by Crippen LogP contribution is 2.24. The maximum atomic E-state index is 11.5. The smallest absolute Gasteiger partial charge is 0.303 e. The molecule has 1 aromatic carbocycles. The fraction of sp³-hybridized carbons (Fsp3) is 0.500. The van der Waals surface area contributed by atoms with Gasteiger partial charge in [-0.05, 0) is 49.1 Å². The van der Waals surface area contributed by atoms with E-state index < -0.39 is 5.97 Å². The molecule has 0 saturated heterocycles. The molecule has 0 saturated carbocycles. The fourth-order valence-corrected chi connectivity index (χ4v) is 4.00. The van der Waals surface area contributed by atoms with Crippen LogP contribution in [0.4, 0.5) is 0 Å². The summed E-state index contributed by atoms with van der Waals surface area (Å²) in [5.74, 6) is -0.141. The highest BCUT2D eigenvalue weighted by Gasteiger charge is 2.09. The van der Waals surface area contributed by atoms with Crippen molar-refractivity contribution < 1.29 is 14.3 Å². The molecule has 0 unspecified atom stereocenters. The van der Waals surface area contributed by atoms with Crippen LogP contribution in [0.5, 0.6) is 0 Å².